The Labute approximate surface area is 120 Å². The second-order valence-electron chi connectivity index (χ2n) is 4.29. The second kappa shape index (κ2) is 5.33. The average molecular weight is 286 g/mol. The van der Waals surface area contributed by atoms with Gasteiger partial charge in [0, 0.05) is 18.0 Å². The zero-order valence-corrected chi connectivity index (χ0v) is 11.6. The van der Waals surface area contributed by atoms with Gasteiger partial charge < -0.3 is 15.2 Å². The van der Waals surface area contributed by atoms with E-state index in [0.29, 0.717) is 17.5 Å². The van der Waals surface area contributed by atoms with E-state index in [2.05, 4.69) is 20.1 Å². The molecule has 108 valence electrons. The van der Waals surface area contributed by atoms with E-state index in [1.165, 1.54) is 20.4 Å². The normalized spacial score (nSPS) is 12.3. The number of ether oxygens (including phenoxy) is 2. The zero-order valence-electron chi connectivity index (χ0n) is 11.6. The van der Waals surface area contributed by atoms with E-state index in [1.54, 1.807) is 29.3 Å². The first kappa shape index (κ1) is 13.3. The Bertz CT molecular complexity index is 772. The van der Waals surface area contributed by atoms with Gasteiger partial charge in [-0.25, -0.2) is 9.50 Å². The van der Waals surface area contributed by atoms with E-state index in [9.17, 15) is 0 Å². The fourth-order valence-corrected chi connectivity index (χ4v) is 2.07. The van der Waals surface area contributed by atoms with E-state index in [0.717, 1.165) is 11.1 Å². The number of methoxy groups -OCH3 is 2. The molecular weight excluding hydrogens is 272 g/mol. The van der Waals surface area contributed by atoms with Gasteiger partial charge in [0.15, 0.2) is 0 Å². The molecule has 3 aromatic rings. The average Bonchev–Trinajstić information content (AvgIpc) is 2.97. The summed E-state index contributed by atoms with van der Waals surface area (Å²) in [4.78, 5) is 12.6. The third-order valence-corrected chi connectivity index (χ3v) is 3.13. The summed E-state index contributed by atoms with van der Waals surface area (Å²) in [7, 11) is 3.03. The molecule has 0 amide bonds. The van der Waals surface area contributed by atoms with Gasteiger partial charge in [-0.15, -0.1) is 0 Å². The number of nitrogens with two attached hydrogens (primary N) is 1. The van der Waals surface area contributed by atoms with Gasteiger partial charge in [0.05, 0.1) is 44.4 Å². The van der Waals surface area contributed by atoms with Gasteiger partial charge in [0.1, 0.15) is 5.69 Å². The van der Waals surface area contributed by atoms with Gasteiger partial charge in [-0.2, -0.15) is 10.1 Å². The van der Waals surface area contributed by atoms with Crippen molar-refractivity contribution in [2.45, 2.75) is 6.04 Å². The van der Waals surface area contributed by atoms with Gasteiger partial charge in [0.25, 0.3) is 0 Å². The molecule has 2 N–H and O–H groups in total. The van der Waals surface area contributed by atoms with E-state index < -0.39 is 6.04 Å². The van der Waals surface area contributed by atoms with Crippen molar-refractivity contribution < 1.29 is 9.47 Å². The molecule has 0 bridgehead atoms. The van der Waals surface area contributed by atoms with Gasteiger partial charge >= 0.3 is 0 Å². The van der Waals surface area contributed by atoms with Crippen molar-refractivity contribution in [2.75, 3.05) is 14.2 Å². The summed E-state index contributed by atoms with van der Waals surface area (Å²) in [5.74, 6) is 0.689. The molecule has 3 rings (SSSR count). The van der Waals surface area contributed by atoms with Gasteiger partial charge in [-0.3, -0.25) is 4.98 Å². The molecule has 8 heteroatoms. The van der Waals surface area contributed by atoms with Crippen molar-refractivity contribution in [2.24, 2.45) is 5.73 Å². The highest BCUT2D eigenvalue weighted by Gasteiger charge is 2.21. The lowest BCUT2D eigenvalue weighted by Crippen LogP contribution is -2.15. The van der Waals surface area contributed by atoms with Crippen LogP contribution in [0.15, 0.2) is 31.0 Å². The summed E-state index contributed by atoms with van der Waals surface area (Å²) in [5.41, 5.74) is 8.40. The number of rotatable bonds is 4. The monoisotopic (exact) mass is 286 g/mol. The van der Waals surface area contributed by atoms with E-state index >= 15 is 0 Å². The lowest BCUT2D eigenvalue weighted by Gasteiger charge is -2.13. The minimum Gasteiger partial charge on any atom is -0.480 e. The van der Waals surface area contributed by atoms with Crippen molar-refractivity contribution in [3.8, 4) is 11.8 Å². The number of hydrogen-bond donors (Lipinski definition) is 1. The molecular formula is C13H14N6O2. The summed E-state index contributed by atoms with van der Waals surface area (Å²) in [6, 6.07) is -0.528. The Hall–Kier alpha value is -2.74. The largest absolute Gasteiger partial charge is 0.480 e. The molecule has 0 spiro atoms. The zero-order chi connectivity index (χ0) is 14.8. The van der Waals surface area contributed by atoms with Crippen LogP contribution in [0.25, 0.3) is 5.52 Å². The molecule has 0 saturated heterocycles. The Morgan fingerprint density at radius 3 is 2.81 bits per heavy atom. The van der Waals surface area contributed by atoms with E-state index in [1.807, 2.05) is 0 Å². The van der Waals surface area contributed by atoms with Crippen molar-refractivity contribution in [1.82, 2.24) is 24.6 Å². The lowest BCUT2D eigenvalue weighted by atomic mass is 10.1. The Kier molecular flexibility index (Phi) is 3.36. The molecule has 1 atom stereocenters. The fourth-order valence-electron chi connectivity index (χ4n) is 2.07. The molecule has 0 aliphatic heterocycles. The van der Waals surface area contributed by atoms with Crippen LogP contribution in [-0.4, -0.2) is 38.8 Å². The minimum atomic E-state index is -0.528. The first-order chi connectivity index (χ1) is 10.2. The van der Waals surface area contributed by atoms with Crippen LogP contribution in [0.2, 0.25) is 0 Å². The van der Waals surface area contributed by atoms with Gasteiger partial charge in [-0.1, -0.05) is 0 Å². The maximum Gasteiger partial charge on any atom is 0.240 e. The highest BCUT2D eigenvalue weighted by atomic mass is 16.5. The quantitative estimate of drug-likeness (QED) is 0.748. The standard InChI is InChI=1S/C13H14N6O2/c1-20-10-7-16-12(13(18-10)21-2)11(14)8-5-17-19-4-3-15-6-9(8)19/h3-7,11H,14H2,1-2H3. The van der Waals surface area contributed by atoms with Crippen molar-refractivity contribution in [3.05, 3.63) is 42.2 Å². The van der Waals surface area contributed by atoms with Crippen LogP contribution in [0.1, 0.15) is 17.3 Å². The highest BCUT2D eigenvalue weighted by molar-refractivity contribution is 5.55. The Balaban J connectivity index is 2.07. The van der Waals surface area contributed by atoms with Crippen LogP contribution in [0.4, 0.5) is 0 Å². The lowest BCUT2D eigenvalue weighted by molar-refractivity contribution is 0.355. The first-order valence-electron chi connectivity index (χ1n) is 6.22. The molecule has 0 aliphatic carbocycles. The molecule has 0 radical (unpaired) electrons. The summed E-state index contributed by atoms with van der Waals surface area (Å²) in [5, 5.41) is 4.24. The molecule has 1 unspecified atom stereocenters. The topological polar surface area (TPSA) is 100 Å². The summed E-state index contributed by atoms with van der Waals surface area (Å²) in [6.07, 6.45) is 8.30. The number of fused-ring (bicyclic) bond motifs is 1. The van der Waals surface area contributed by atoms with Crippen molar-refractivity contribution in [1.29, 1.82) is 0 Å². The first-order valence-corrected chi connectivity index (χ1v) is 6.22. The van der Waals surface area contributed by atoms with E-state index in [-0.39, 0.29) is 0 Å². The van der Waals surface area contributed by atoms with Crippen LogP contribution >= 0.6 is 0 Å². The smallest absolute Gasteiger partial charge is 0.240 e. The van der Waals surface area contributed by atoms with Gasteiger partial charge in [-0.05, 0) is 0 Å². The van der Waals surface area contributed by atoms with Gasteiger partial charge in [0.2, 0.25) is 11.8 Å². The Morgan fingerprint density at radius 1 is 1.19 bits per heavy atom. The van der Waals surface area contributed by atoms with Crippen LogP contribution in [0, 0.1) is 0 Å². The fraction of sp³-hybridized carbons (Fsp3) is 0.231. The third kappa shape index (κ3) is 2.25. The van der Waals surface area contributed by atoms with E-state index in [4.69, 9.17) is 15.2 Å². The third-order valence-electron chi connectivity index (χ3n) is 3.13. The maximum atomic E-state index is 6.29. The second-order valence-corrected chi connectivity index (χ2v) is 4.29. The number of nitrogens with zero attached hydrogens (tertiary/aromatic N) is 5. The molecule has 8 nitrogen and oxygen atoms in total. The summed E-state index contributed by atoms with van der Waals surface area (Å²) >= 11 is 0. The van der Waals surface area contributed by atoms with Crippen LogP contribution in [-0.2, 0) is 0 Å². The molecule has 0 aromatic carbocycles. The summed E-state index contributed by atoms with van der Waals surface area (Å²) < 4.78 is 12.0. The SMILES string of the molecule is COc1cnc(C(N)c2cnn3ccncc23)c(OC)n1. The predicted molar refractivity (Wildman–Crippen MR) is 74.2 cm³/mol. The van der Waals surface area contributed by atoms with Crippen molar-refractivity contribution in [3.63, 3.8) is 0 Å². The summed E-state index contributed by atoms with van der Waals surface area (Å²) in [6.45, 7) is 0. The number of hydrogen-bond acceptors (Lipinski definition) is 7. The molecule has 3 heterocycles. The molecule has 3 aromatic heterocycles. The highest BCUT2D eigenvalue weighted by Crippen LogP contribution is 2.28. The molecule has 0 aliphatic rings. The van der Waals surface area contributed by atoms with Crippen LogP contribution in [0.5, 0.6) is 11.8 Å². The van der Waals surface area contributed by atoms with Crippen LogP contribution < -0.4 is 15.2 Å². The molecule has 21 heavy (non-hydrogen) atoms. The molecule has 0 saturated carbocycles. The maximum absolute atomic E-state index is 6.29. The van der Waals surface area contributed by atoms with Crippen molar-refractivity contribution >= 4 is 5.52 Å². The predicted octanol–water partition coefficient (Wildman–Crippen LogP) is 0.585. The minimum absolute atomic E-state index is 0.324. The number of aromatic nitrogens is 5. The molecule has 0 fully saturated rings. The van der Waals surface area contributed by atoms with Crippen LogP contribution in [0.3, 0.4) is 0 Å². The Morgan fingerprint density at radius 2 is 2.05 bits per heavy atom.